The number of fused-ring (bicyclic) bond motifs is 5. The fourth-order valence-corrected chi connectivity index (χ4v) is 11.3. The van der Waals surface area contributed by atoms with Gasteiger partial charge in [0.05, 0.1) is 22.4 Å². The van der Waals surface area contributed by atoms with Gasteiger partial charge >= 0.3 is 0 Å². The first-order valence-electron chi connectivity index (χ1n) is 20.0. The lowest BCUT2D eigenvalue weighted by Gasteiger charge is -2.57. The molecule has 3 aliphatic rings. The fourth-order valence-electron chi connectivity index (χ4n) is 11.3. The van der Waals surface area contributed by atoms with Gasteiger partial charge in [0, 0.05) is 27.6 Å². The molecule has 11 rings (SSSR count). The monoisotopic (exact) mass is 696 g/mol. The van der Waals surface area contributed by atoms with E-state index in [1.165, 1.54) is 87.5 Å². The lowest BCUT2D eigenvalue weighted by Crippen LogP contribution is -2.52. The van der Waals surface area contributed by atoms with Crippen molar-refractivity contribution in [2.75, 3.05) is 4.90 Å². The largest absolute Gasteiger partial charge is 0.310 e. The molecule has 2 bridgehead atoms. The van der Waals surface area contributed by atoms with Crippen molar-refractivity contribution in [2.24, 2.45) is 17.8 Å². The van der Waals surface area contributed by atoms with Crippen LogP contribution >= 0.6 is 0 Å². The predicted octanol–water partition coefficient (Wildman–Crippen LogP) is 14.0. The van der Waals surface area contributed by atoms with Crippen LogP contribution in [0.3, 0.4) is 0 Å². The maximum absolute atomic E-state index is 2.63. The minimum absolute atomic E-state index is 0.0298. The van der Waals surface area contributed by atoms with Crippen molar-refractivity contribution in [3.8, 4) is 27.9 Å². The van der Waals surface area contributed by atoms with E-state index in [4.69, 9.17) is 0 Å². The summed E-state index contributed by atoms with van der Waals surface area (Å²) in [6.45, 7) is 2.51. The number of benzene rings is 7. The minimum Gasteiger partial charge on any atom is -0.310 e. The van der Waals surface area contributed by atoms with Gasteiger partial charge in [-0.25, -0.2) is 0 Å². The number of anilines is 3. The molecule has 54 heavy (non-hydrogen) atoms. The molecule has 4 atom stereocenters. The molecular weight excluding hydrogens is 653 g/mol. The Labute approximate surface area is 318 Å². The van der Waals surface area contributed by atoms with Gasteiger partial charge in [-0.1, -0.05) is 141 Å². The third-order valence-electron chi connectivity index (χ3n) is 13.3. The maximum atomic E-state index is 2.63. The van der Waals surface area contributed by atoms with Crippen molar-refractivity contribution in [3.05, 3.63) is 181 Å². The van der Waals surface area contributed by atoms with Crippen molar-refractivity contribution < 1.29 is 0 Å². The van der Waals surface area contributed by atoms with Gasteiger partial charge in [-0.05, 0) is 119 Å². The number of nitrogens with zero attached hydrogens (tertiary/aromatic N) is 2. The molecule has 0 saturated heterocycles. The van der Waals surface area contributed by atoms with E-state index in [9.17, 15) is 0 Å². The normalized spacial score (nSPS) is 21.3. The van der Waals surface area contributed by atoms with Gasteiger partial charge < -0.3 is 9.47 Å². The Balaban J connectivity index is 1.19. The van der Waals surface area contributed by atoms with Gasteiger partial charge in [0.25, 0.3) is 0 Å². The molecule has 2 heteroatoms. The smallest absolute Gasteiger partial charge is 0.0603 e. The van der Waals surface area contributed by atoms with Gasteiger partial charge in [0.1, 0.15) is 0 Å². The zero-order chi connectivity index (χ0) is 35.8. The minimum atomic E-state index is 0.0298. The van der Waals surface area contributed by atoms with E-state index in [0.29, 0.717) is 11.8 Å². The summed E-state index contributed by atoms with van der Waals surface area (Å²) in [5.41, 5.74) is 15.7. The molecule has 1 aromatic heterocycles. The molecule has 0 N–H and O–H groups in total. The Morgan fingerprint density at radius 3 is 1.69 bits per heavy atom. The summed E-state index contributed by atoms with van der Waals surface area (Å²) in [4.78, 5) is 2.51. The first-order valence-corrected chi connectivity index (χ1v) is 20.0. The van der Waals surface area contributed by atoms with Crippen LogP contribution in [0.1, 0.15) is 50.2 Å². The van der Waals surface area contributed by atoms with Crippen LogP contribution in [-0.4, -0.2) is 4.57 Å². The molecule has 7 aromatic carbocycles. The number of hydrogen-bond donors (Lipinski definition) is 0. The highest BCUT2D eigenvalue weighted by Crippen LogP contribution is 2.64. The molecule has 8 aromatic rings. The molecule has 2 fully saturated rings. The summed E-state index contributed by atoms with van der Waals surface area (Å²) in [5, 5.41) is 2.67. The molecule has 2 nitrogen and oxygen atoms in total. The standard InChI is InChI=1S/C52H44N2/c1-35-33-40-17-12-18-41(34-35)52(40)45-20-9-11-22-48(45)54-47-21-10-8-19-44(47)50-49(32-31-46(52)51(50)54)53(42-27-23-38(24-28-42)36-13-4-2-5-14-36)43-29-25-39(26-30-43)37-15-6-3-7-16-37/h2-11,13-16,19-32,35,40-41H,12,17-18,33-34H2,1H3/t35?,40-,41?,52?/m1/s1. The third kappa shape index (κ3) is 4.59. The third-order valence-corrected chi connectivity index (χ3v) is 13.3. The van der Waals surface area contributed by atoms with E-state index in [-0.39, 0.29) is 5.41 Å². The van der Waals surface area contributed by atoms with Crippen LogP contribution in [0.2, 0.25) is 0 Å². The quantitative estimate of drug-likeness (QED) is 0.174. The van der Waals surface area contributed by atoms with E-state index in [0.717, 1.165) is 17.3 Å². The second-order valence-electron chi connectivity index (χ2n) is 16.2. The molecule has 2 heterocycles. The first kappa shape index (κ1) is 31.6. The van der Waals surface area contributed by atoms with Crippen molar-refractivity contribution in [1.82, 2.24) is 4.57 Å². The zero-order valence-electron chi connectivity index (χ0n) is 30.8. The first-order chi connectivity index (χ1) is 26.7. The number of rotatable bonds is 5. The van der Waals surface area contributed by atoms with Crippen LogP contribution in [0.15, 0.2) is 170 Å². The average molecular weight is 697 g/mol. The SMILES string of the molecule is CC1CC2CCC[C@H](C1)C21c2ccccc2-n2c3ccccc3c3c(N(c4ccc(-c5ccccc5)cc4)c4ccc(-c5ccccc5)cc4)ccc1c32. The predicted molar refractivity (Wildman–Crippen MR) is 226 cm³/mol. The highest BCUT2D eigenvalue weighted by molar-refractivity contribution is 6.18. The lowest BCUT2D eigenvalue weighted by atomic mass is 9.47. The van der Waals surface area contributed by atoms with Crippen LogP contribution in [0.4, 0.5) is 17.1 Å². The van der Waals surface area contributed by atoms with Gasteiger partial charge in [0.2, 0.25) is 0 Å². The van der Waals surface area contributed by atoms with E-state index in [1.807, 2.05) is 0 Å². The van der Waals surface area contributed by atoms with E-state index < -0.39 is 0 Å². The Bertz CT molecular complexity index is 2550. The van der Waals surface area contributed by atoms with E-state index in [1.54, 1.807) is 11.1 Å². The summed E-state index contributed by atoms with van der Waals surface area (Å²) in [6.07, 6.45) is 6.59. The summed E-state index contributed by atoms with van der Waals surface area (Å²) >= 11 is 0. The van der Waals surface area contributed by atoms with Crippen LogP contribution in [0, 0.1) is 17.8 Å². The van der Waals surface area contributed by atoms with Crippen molar-refractivity contribution in [3.63, 3.8) is 0 Å². The molecule has 0 amide bonds. The Hall–Kier alpha value is -5.86. The lowest BCUT2D eigenvalue weighted by molar-refractivity contribution is 0.0532. The molecule has 3 unspecified atom stereocenters. The molecule has 2 saturated carbocycles. The second kappa shape index (κ2) is 12.4. The Kier molecular flexibility index (Phi) is 7.24. The van der Waals surface area contributed by atoms with Gasteiger partial charge in [-0.15, -0.1) is 0 Å². The van der Waals surface area contributed by atoms with Gasteiger partial charge in [0.15, 0.2) is 0 Å². The summed E-state index contributed by atoms with van der Waals surface area (Å²) in [5.74, 6) is 2.07. The van der Waals surface area contributed by atoms with Gasteiger partial charge in [-0.2, -0.15) is 0 Å². The molecule has 1 spiro atoms. The molecule has 262 valence electrons. The summed E-state index contributed by atoms with van der Waals surface area (Å²) in [7, 11) is 0. The number of aromatic nitrogens is 1. The van der Waals surface area contributed by atoms with Crippen LogP contribution in [0.25, 0.3) is 49.7 Å². The van der Waals surface area contributed by atoms with Crippen molar-refractivity contribution in [2.45, 2.75) is 44.4 Å². The highest BCUT2D eigenvalue weighted by atomic mass is 15.1. The molecule has 2 aliphatic carbocycles. The molecule has 0 radical (unpaired) electrons. The van der Waals surface area contributed by atoms with Gasteiger partial charge in [-0.3, -0.25) is 0 Å². The van der Waals surface area contributed by atoms with Crippen LogP contribution < -0.4 is 4.90 Å². The van der Waals surface area contributed by atoms with E-state index in [2.05, 4.69) is 186 Å². The molecule has 1 aliphatic heterocycles. The van der Waals surface area contributed by atoms with E-state index >= 15 is 0 Å². The van der Waals surface area contributed by atoms with Crippen LogP contribution in [0.5, 0.6) is 0 Å². The van der Waals surface area contributed by atoms with Crippen molar-refractivity contribution in [1.29, 1.82) is 0 Å². The topological polar surface area (TPSA) is 8.17 Å². The molecular formula is C52H44N2. The average Bonchev–Trinajstić information content (AvgIpc) is 3.58. The van der Waals surface area contributed by atoms with Crippen molar-refractivity contribution >= 4 is 38.9 Å². The fraction of sp³-hybridized carbons (Fsp3) is 0.192. The Morgan fingerprint density at radius 1 is 0.519 bits per heavy atom. The number of para-hydroxylation sites is 2. The zero-order valence-corrected chi connectivity index (χ0v) is 30.8. The summed E-state index contributed by atoms with van der Waals surface area (Å²) < 4.78 is 2.63. The summed E-state index contributed by atoms with van der Waals surface area (Å²) in [6, 6.07) is 63.4. The Morgan fingerprint density at radius 2 is 1.06 bits per heavy atom. The second-order valence-corrected chi connectivity index (χ2v) is 16.2. The highest BCUT2D eigenvalue weighted by Gasteiger charge is 2.56. The number of hydrogen-bond acceptors (Lipinski definition) is 1. The maximum Gasteiger partial charge on any atom is 0.0603 e. The van der Waals surface area contributed by atoms with Crippen LogP contribution in [-0.2, 0) is 5.41 Å².